The Hall–Kier alpha value is -0.550. The van der Waals surface area contributed by atoms with Crippen LogP contribution < -0.4 is 4.90 Å². The fourth-order valence-electron chi connectivity index (χ4n) is 1.81. The average molecular weight is 347 g/mol. The van der Waals surface area contributed by atoms with Crippen LogP contribution in [-0.2, 0) is 13.2 Å². The monoisotopic (exact) mass is 345 g/mol. The Morgan fingerprint density at radius 2 is 2.17 bits per heavy atom. The van der Waals surface area contributed by atoms with E-state index in [1.54, 1.807) is 17.4 Å². The van der Waals surface area contributed by atoms with E-state index in [1.165, 1.54) is 5.56 Å². The summed E-state index contributed by atoms with van der Waals surface area (Å²) in [5, 5.41) is 12.1. The molecule has 2 nitrogen and oxygen atoms in total. The topological polar surface area (TPSA) is 23.5 Å². The Morgan fingerprint density at radius 1 is 1.39 bits per heavy atom. The molecule has 0 unspecified atom stereocenters. The Bertz CT molecular complexity index is 544. The van der Waals surface area contributed by atoms with Crippen molar-refractivity contribution < 1.29 is 5.11 Å². The van der Waals surface area contributed by atoms with Gasteiger partial charge in [0.2, 0.25) is 0 Å². The Morgan fingerprint density at radius 3 is 2.78 bits per heavy atom. The fourth-order valence-corrected chi connectivity index (χ4v) is 3.18. The third-order valence-corrected chi connectivity index (χ3v) is 4.46. The summed E-state index contributed by atoms with van der Waals surface area (Å²) in [4.78, 5) is 2.09. The number of nitrogens with zero attached hydrogens (tertiary/aromatic N) is 1. The lowest BCUT2D eigenvalue weighted by molar-refractivity contribution is 0.282. The van der Waals surface area contributed by atoms with E-state index in [9.17, 15) is 5.11 Å². The van der Waals surface area contributed by atoms with E-state index in [4.69, 9.17) is 11.6 Å². The first-order valence-electron chi connectivity index (χ1n) is 5.43. The minimum absolute atomic E-state index is 0.0180. The maximum atomic E-state index is 9.35. The molecule has 0 amide bonds. The summed E-state index contributed by atoms with van der Waals surface area (Å²) in [5.41, 5.74) is 3.08. The highest BCUT2D eigenvalue weighted by Gasteiger charge is 2.09. The maximum Gasteiger partial charge on any atom is 0.0702 e. The molecule has 0 spiro atoms. The van der Waals surface area contributed by atoms with E-state index in [0.29, 0.717) is 5.02 Å². The molecule has 0 fully saturated rings. The summed E-state index contributed by atoms with van der Waals surface area (Å²) in [6.45, 7) is 0.805. The highest BCUT2D eigenvalue weighted by atomic mass is 79.9. The van der Waals surface area contributed by atoms with E-state index < -0.39 is 0 Å². The van der Waals surface area contributed by atoms with Crippen LogP contribution in [0.5, 0.6) is 0 Å². The van der Waals surface area contributed by atoms with Gasteiger partial charge in [-0.3, -0.25) is 0 Å². The molecule has 2 aromatic rings. The molecule has 96 valence electrons. The van der Waals surface area contributed by atoms with E-state index in [0.717, 1.165) is 21.6 Å². The lowest BCUT2D eigenvalue weighted by Gasteiger charge is -2.21. The normalized spacial score (nSPS) is 10.7. The number of halogens is 2. The van der Waals surface area contributed by atoms with Gasteiger partial charge in [0.1, 0.15) is 0 Å². The molecule has 2 rings (SSSR count). The van der Waals surface area contributed by atoms with Crippen LogP contribution in [0.25, 0.3) is 0 Å². The molecule has 0 saturated carbocycles. The first-order valence-corrected chi connectivity index (χ1v) is 7.48. The predicted molar refractivity (Wildman–Crippen MR) is 81.5 cm³/mol. The van der Waals surface area contributed by atoms with Gasteiger partial charge in [-0.2, -0.15) is 0 Å². The van der Waals surface area contributed by atoms with Crippen LogP contribution in [0.4, 0.5) is 5.69 Å². The van der Waals surface area contributed by atoms with Crippen molar-refractivity contribution in [2.45, 2.75) is 13.2 Å². The second-order valence-corrected chi connectivity index (χ2v) is 6.77. The lowest BCUT2D eigenvalue weighted by Crippen LogP contribution is -2.17. The SMILES string of the molecule is CN(Cc1csc(Br)c1)c1cc(Cl)ccc1CO. The van der Waals surface area contributed by atoms with E-state index in [1.807, 2.05) is 19.2 Å². The number of benzene rings is 1. The van der Waals surface area contributed by atoms with Crippen LogP contribution in [0.2, 0.25) is 5.02 Å². The standard InChI is InChI=1S/C13H13BrClNOS/c1-16(6-9-4-13(14)18-8-9)12-5-11(15)3-2-10(12)7-17/h2-5,8,17H,6-7H2,1H3. The molecule has 0 radical (unpaired) electrons. The van der Waals surface area contributed by atoms with Gasteiger partial charge >= 0.3 is 0 Å². The quantitative estimate of drug-likeness (QED) is 0.892. The zero-order chi connectivity index (χ0) is 13.1. The summed E-state index contributed by atoms with van der Waals surface area (Å²) in [5.74, 6) is 0. The van der Waals surface area contributed by atoms with Gasteiger partial charge in [-0.1, -0.05) is 17.7 Å². The van der Waals surface area contributed by atoms with Gasteiger partial charge in [0.05, 0.1) is 10.4 Å². The summed E-state index contributed by atoms with van der Waals surface area (Å²) >= 11 is 11.1. The van der Waals surface area contributed by atoms with Gasteiger partial charge in [-0.05, 0) is 45.1 Å². The van der Waals surface area contributed by atoms with Crippen LogP contribution in [0, 0.1) is 0 Å². The molecule has 1 aromatic carbocycles. The largest absolute Gasteiger partial charge is 0.392 e. The molecule has 0 atom stereocenters. The molecule has 0 saturated heterocycles. The zero-order valence-electron chi connectivity index (χ0n) is 9.86. The van der Waals surface area contributed by atoms with Gasteiger partial charge in [-0.15, -0.1) is 11.3 Å². The van der Waals surface area contributed by atoms with Crippen LogP contribution in [-0.4, -0.2) is 12.2 Å². The molecule has 0 bridgehead atoms. The van der Waals surface area contributed by atoms with Crippen molar-refractivity contribution in [3.63, 3.8) is 0 Å². The third-order valence-electron chi connectivity index (χ3n) is 2.67. The Balaban J connectivity index is 2.22. The number of aliphatic hydroxyl groups is 1. The highest BCUT2D eigenvalue weighted by molar-refractivity contribution is 9.11. The smallest absolute Gasteiger partial charge is 0.0702 e. The van der Waals surface area contributed by atoms with Crippen LogP contribution in [0.3, 0.4) is 0 Å². The Kier molecular flexibility index (Phi) is 4.67. The van der Waals surface area contributed by atoms with Crippen molar-refractivity contribution in [1.29, 1.82) is 0 Å². The van der Waals surface area contributed by atoms with E-state index in [-0.39, 0.29) is 6.61 Å². The number of anilines is 1. The molecule has 18 heavy (non-hydrogen) atoms. The first-order chi connectivity index (χ1) is 8.60. The van der Waals surface area contributed by atoms with Crippen molar-refractivity contribution in [3.8, 4) is 0 Å². The second kappa shape index (κ2) is 6.06. The molecule has 0 aliphatic carbocycles. The van der Waals surface area contributed by atoms with Gasteiger partial charge in [0.15, 0.2) is 0 Å². The predicted octanol–water partition coefficient (Wildman–Crippen LogP) is 4.29. The first kappa shape index (κ1) is 13.9. The molecule has 1 aromatic heterocycles. The Labute approximate surface area is 124 Å². The molecule has 0 aliphatic heterocycles. The van der Waals surface area contributed by atoms with Gasteiger partial charge in [0, 0.05) is 29.9 Å². The van der Waals surface area contributed by atoms with Crippen LogP contribution >= 0.6 is 38.9 Å². The average Bonchev–Trinajstić information content (AvgIpc) is 2.74. The van der Waals surface area contributed by atoms with Crippen molar-refractivity contribution >= 4 is 44.6 Å². The lowest BCUT2D eigenvalue weighted by atomic mass is 10.1. The van der Waals surface area contributed by atoms with Crippen molar-refractivity contribution in [1.82, 2.24) is 0 Å². The minimum atomic E-state index is 0.0180. The van der Waals surface area contributed by atoms with Crippen LogP contribution in [0.15, 0.2) is 33.4 Å². The highest BCUT2D eigenvalue weighted by Crippen LogP contribution is 2.27. The van der Waals surface area contributed by atoms with Crippen molar-refractivity contribution in [3.05, 3.63) is 49.6 Å². The second-order valence-electron chi connectivity index (χ2n) is 4.05. The molecular formula is C13H13BrClNOS. The summed E-state index contributed by atoms with van der Waals surface area (Å²) in [6.07, 6.45) is 0. The van der Waals surface area contributed by atoms with Crippen molar-refractivity contribution in [2.24, 2.45) is 0 Å². The van der Waals surface area contributed by atoms with Gasteiger partial charge in [-0.25, -0.2) is 0 Å². The molecule has 1 heterocycles. The van der Waals surface area contributed by atoms with E-state index >= 15 is 0 Å². The van der Waals surface area contributed by atoms with Gasteiger partial charge < -0.3 is 10.0 Å². The number of aliphatic hydroxyl groups excluding tert-OH is 1. The van der Waals surface area contributed by atoms with Gasteiger partial charge in [0.25, 0.3) is 0 Å². The number of rotatable bonds is 4. The van der Waals surface area contributed by atoms with Crippen LogP contribution in [0.1, 0.15) is 11.1 Å². The number of hydrogen-bond acceptors (Lipinski definition) is 3. The van der Waals surface area contributed by atoms with Crippen molar-refractivity contribution in [2.75, 3.05) is 11.9 Å². The molecule has 0 aliphatic rings. The molecular weight excluding hydrogens is 334 g/mol. The zero-order valence-corrected chi connectivity index (χ0v) is 13.0. The third kappa shape index (κ3) is 3.26. The minimum Gasteiger partial charge on any atom is -0.392 e. The molecule has 5 heteroatoms. The number of hydrogen-bond donors (Lipinski definition) is 1. The summed E-state index contributed by atoms with van der Waals surface area (Å²) in [6, 6.07) is 7.64. The summed E-state index contributed by atoms with van der Waals surface area (Å²) in [7, 11) is 2.00. The summed E-state index contributed by atoms with van der Waals surface area (Å²) < 4.78 is 1.12. The maximum absolute atomic E-state index is 9.35. The van der Waals surface area contributed by atoms with E-state index in [2.05, 4.69) is 32.3 Å². The molecule has 1 N–H and O–H groups in total. The number of thiophene rings is 1. The fraction of sp³-hybridized carbons (Fsp3) is 0.231.